The van der Waals surface area contributed by atoms with Gasteiger partial charge in [-0.15, -0.1) is 0 Å². The van der Waals surface area contributed by atoms with Crippen LogP contribution in [0.4, 0.5) is 4.39 Å². The predicted octanol–water partition coefficient (Wildman–Crippen LogP) is 2.34. The van der Waals surface area contributed by atoms with Gasteiger partial charge in [-0.05, 0) is 43.9 Å². The lowest BCUT2D eigenvalue weighted by Crippen LogP contribution is -2.51. The molecule has 4 nitrogen and oxygen atoms in total. The van der Waals surface area contributed by atoms with Gasteiger partial charge in [-0.2, -0.15) is 0 Å². The molecule has 3 rings (SSSR count). The van der Waals surface area contributed by atoms with Crippen LogP contribution in [-0.4, -0.2) is 65.9 Å². The van der Waals surface area contributed by atoms with Crippen molar-refractivity contribution >= 4 is 5.91 Å². The molecular weight excluding hydrogens is 305 g/mol. The SMILES string of the molecule is CC1CCCCN1C(=O)CN1CCN(Cc2ccc(F)cc2)CC1. The monoisotopic (exact) mass is 333 g/mol. The third-order valence-electron chi connectivity index (χ3n) is 5.27. The predicted molar refractivity (Wildman–Crippen MR) is 93.1 cm³/mol. The van der Waals surface area contributed by atoms with Crippen LogP contribution in [0.25, 0.3) is 0 Å². The van der Waals surface area contributed by atoms with Crippen molar-refractivity contribution in [2.24, 2.45) is 0 Å². The van der Waals surface area contributed by atoms with Crippen LogP contribution in [0.15, 0.2) is 24.3 Å². The largest absolute Gasteiger partial charge is 0.339 e. The molecule has 0 spiro atoms. The zero-order valence-corrected chi connectivity index (χ0v) is 14.6. The van der Waals surface area contributed by atoms with Gasteiger partial charge in [0.25, 0.3) is 0 Å². The molecule has 1 amide bonds. The Bertz CT molecular complexity index is 540. The second kappa shape index (κ2) is 8.08. The van der Waals surface area contributed by atoms with E-state index in [1.54, 1.807) is 0 Å². The van der Waals surface area contributed by atoms with Gasteiger partial charge < -0.3 is 4.90 Å². The van der Waals surface area contributed by atoms with Gasteiger partial charge in [0, 0.05) is 45.3 Å². The average Bonchev–Trinajstić information content (AvgIpc) is 2.59. The number of piperidine rings is 1. The van der Waals surface area contributed by atoms with Crippen molar-refractivity contribution in [2.75, 3.05) is 39.3 Å². The summed E-state index contributed by atoms with van der Waals surface area (Å²) in [5, 5.41) is 0. The highest BCUT2D eigenvalue weighted by Crippen LogP contribution is 2.17. The summed E-state index contributed by atoms with van der Waals surface area (Å²) in [5.41, 5.74) is 1.14. The fourth-order valence-electron chi connectivity index (χ4n) is 3.70. The summed E-state index contributed by atoms with van der Waals surface area (Å²) in [6.45, 7) is 8.26. The van der Waals surface area contributed by atoms with Crippen molar-refractivity contribution < 1.29 is 9.18 Å². The maximum absolute atomic E-state index is 13.0. The van der Waals surface area contributed by atoms with E-state index in [0.717, 1.165) is 57.7 Å². The number of benzene rings is 1. The quantitative estimate of drug-likeness (QED) is 0.846. The van der Waals surface area contributed by atoms with Gasteiger partial charge in [-0.3, -0.25) is 14.6 Å². The number of likely N-dealkylation sites (tertiary alicyclic amines) is 1. The fourth-order valence-corrected chi connectivity index (χ4v) is 3.70. The Kier molecular flexibility index (Phi) is 5.85. The minimum atomic E-state index is -0.186. The van der Waals surface area contributed by atoms with Gasteiger partial charge in [0.15, 0.2) is 0 Å². The first kappa shape index (κ1) is 17.4. The highest BCUT2D eigenvalue weighted by molar-refractivity contribution is 5.78. The highest BCUT2D eigenvalue weighted by Gasteiger charge is 2.26. The Morgan fingerprint density at radius 1 is 1.04 bits per heavy atom. The third-order valence-corrected chi connectivity index (χ3v) is 5.27. The Balaban J connectivity index is 1.43. The first-order chi connectivity index (χ1) is 11.6. The van der Waals surface area contributed by atoms with Gasteiger partial charge in [-0.1, -0.05) is 12.1 Å². The molecule has 2 aliphatic heterocycles. The normalized spacial score (nSPS) is 23.4. The van der Waals surface area contributed by atoms with E-state index >= 15 is 0 Å². The molecule has 5 heteroatoms. The van der Waals surface area contributed by atoms with E-state index in [1.807, 2.05) is 12.1 Å². The first-order valence-electron chi connectivity index (χ1n) is 9.10. The fraction of sp³-hybridized carbons (Fsp3) is 0.632. The molecule has 2 fully saturated rings. The van der Waals surface area contributed by atoms with E-state index < -0.39 is 0 Å². The van der Waals surface area contributed by atoms with Crippen molar-refractivity contribution in [1.29, 1.82) is 0 Å². The topological polar surface area (TPSA) is 26.8 Å². The van der Waals surface area contributed by atoms with Gasteiger partial charge >= 0.3 is 0 Å². The molecule has 0 aliphatic carbocycles. The van der Waals surface area contributed by atoms with Crippen LogP contribution in [-0.2, 0) is 11.3 Å². The second-order valence-corrected chi connectivity index (χ2v) is 7.11. The third kappa shape index (κ3) is 4.54. The number of carbonyl (C=O) groups is 1. The summed E-state index contributed by atoms with van der Waals surface area (Å²) in [6.07, 6.45) is 3.52. The molecule has 132 valence electrons. The summed E-state index contributed by atoms with van der Waals surface area (Å²) in [5.74, 6) is 0.100. The molecule has 24 heavy (non-hydrogen) atoms. The molecule has 0 N–H and O–H groups in total. The Hall–Kier alpha value is -1.46. The standard InChI is InChI=1S/C19H28FN3O/c1-16-4-2-3-9-23(16)19(24)15-22-12-10-21(11-13-22)14-17-5-7-18(20)8-6-17/h5-8,16H,2-4,9-15H2,1H3. The van der Waals surface area contributed by atoms with E-state index in [1.165, 1.54) is 18.6 Å². The molecular formula is C19H28FN3O. The summed E-state index contributed by atoms with van der Waals surface area (Å²) in [4.78, 5) is 19.2. The van der Waals surface area contributed by atoms with Crippen LogP contribution in [0.1, 0.15) is 31.7 Å². The van der Waals surface area contributed by atoms with Crippen LogP contribution in [0.5, 0.6) is 0 Å². The van der Waals surface area contributed by atoms with Crippen LogP contribution in [0.3, 0.4) is 0 Å². The molecule has 1 atom stereocenters. The molecule has 0 bridgehead atoms. The lowest BCUT2D eigenvalue weighted by atomic mass is 10.0. The minimum Gasteiger partial charge on any atom is -0.339 e. The van der Waals surface area contributed by atoms with E-state index in [2.05, 4.69) is 21.6 Å². The first-order valence-corrected chi connectivity index (χ1v) is 9.10. The maximum Gasteiger partial charge on any atom is 0.236 e. The molecule has 1 unspecified atom stereocenters. The van der Waals surface area contributed by atoms with E-state index in [9.17, 15) is 9.18 Å². The molecule has 0 saturated carbocycles. The number of carbonyl (C=O) groups excluding carboxylic acids is 1. The zero-order chi connectivity index (χ0) is 16.9. The van der Waals surface area contributed by atoms with E-state index in [-0.39, 0.29) is 11.7 Å². The van der Waals surface area contributed by atoms with Crippen molar-refractivity contribution in [3.8, 4) is 0 Å². The van der Waals surface area contributed by atoms with E-state index in [4.69, 9.17) is 0 Å². The zero-order valence-electron chi connectivity index (χ0n) is 14.6. The Morgan fingerprint density at radius 3 is 2.38 bits per heavy atom. The van der Waals surface area contributed by atoms with E-state index in [0.29, 0.717) is 12.6 Å². The number of amides is 1. The summed E-state index contributed by atoms with van der Waals surface area (Å²) >= 11 is 0. The second-order valence-electron chi connectivity index (χ2n) is 7.11. The van der Waals surface area contributed by atoms with Crippen LogP contribution in [0, 0.1) is 5.82 Å². The number of halogens is 1. The van der Waals surface area contributed by atoms with Gasteiger partial charge in [0.1, 0.15) is 5.82 Å². The van der Waals surface area contributed by atoms with Gasteiger partial charge in [-0.25, -0.2) is 4.39 Å². The molecule has 2 saturated heterocycles. The molecule has 0 radical (unpaired) electrons. The van der Waals surface area contributed by atoms with Crippen molar-refractivity contribution in [3.05, 3.63) is 35.6 Å². The molecule has 1 aromatic carbocycles. The molecule has 2 aliphatic rings. The minimum absolute atomic E-state index is 0.186. The lowest BCUT2D eigenvalue weighted by molar-refractivity contribution is -0.136. The average molecular weight is 333 g/mol. The molecule has 1 aromatic rings. The van der Waals surface area contributed by atoms with Crippen LogP contribution >= 0.6 is 0 Å². The molecule has 2 heterocycles. The Morgan fingerprint density at radius 2 is 1.71 bits per heavy atom. The summed E-state index contributed by atoms with van der Waals surface area (Å²) in [6, 6.07) is 7.13. The van der Waals surface area contributed by atoms with Crippen LogP contribution in [0.2, 0.25) is 0 Å². The van der Waals surface area contributed by atoms with Crippen molar-refractivity contribution in [2.45, 2.75) is 38.8 Å². The smallest absolute Gasteiger partial charge is 0.236 e. The van der Waals surface area contributed by atoms with Crippen molar-refractivity contribution in [1.82, 2.24) is 14.7 Å². The van der Waals surface area contributed by atoms with Crippen LogP contribution < -0.4 is 0 Å². The number of hydrogen-bond acceptors (Lipinski definition) is 3. The highest BCUT2D eigenvalue weighted by atomic mass is 19.1. The van der Waals surface area contributed by atoms with Gasteiger partial charge in [0.05, 0.1) is 6.54 Å². The number of rotatable bonds is 4. The number of hydrogen-bond donors (Lipinski definition) is 0. The molecule has 0 aromatic heterocycles. The number of piperazine rings is 1. The summed E-state index contributed by atoms with van der Waals surface area (Å²) < 4.78 is 13.0. The lowest BCUT2D eigenvalue weighted by Gasteiger charge is -2.38. The Labute approximate surface area is 144 Å². The maximum atomic E-state index is 13.0. The van der Waals surface area contributed by atoms with Gasteiger partial charge in [0.2, 0.25) is 5.91 Å². The summed E-state index contributed by atoms with van der Waals surface area (Å²) in [7, 11) is 0. The number of nitrogens with zero attached hydrogens (tertiary/aromatic N) is 3. The van der Waals surface area contributed by atoms with Crippen molar-refractivity contribution in [3.63, 3.8) is 0 Å².